The summed E-state index contributed by atoms with van der Waals surface area (Å²) in [6.45, 7) is 6.08. The lowest BCUT2D eigenvalue weighted by molar-refractivity contribution is 0.194. The Labute approximate surface area is 111 Å². The molecule has 0 atom stereocenters. The van der Waals surface area contributed by atoms with Gasteiger partial charge >= 0.3 is 0 Å². The van der Waals surface area contributed by atoms with E-state index >= 15 is 0 Å². The first-order valence-electron chi connectivity index (χ1n) is 6.77. The number of benzene rings is 1. The molecule has 0 aliphatic heterocycles. The van der Waals surface area contributed by atoms with Crippen molar-refractivity contribution in [1.29, 1.82) is 0 Å². The van der Waals surface area contributed by atoms with Crippen LogP contribution in [0.5, 0.6) is 0 Å². The second-order valence-electron chi connectivity index (χ2n) is 4.54. The quantitative estimate of drug-likeness (QED) is 0.681. The molecule has 1 aromatic carbocycles. The van der Waals surface area contributed by atoms with E-state index in [2.05, 4.69) is 48.5 Å². The summed E-state index contributed by atoms with van der Waals surface area (Å²) in [6, 6.07) is 8.81. The van der Waals surface area contributed by atoms with Crippen LogP contribution in [0.3, 0.4) is 0 Å². The normalized spacial score (nSPS) is 10.6. The van der Waals surface area contributed by atoms with E-state index in [4.69, 9.17) is 4.74 Å². The Hall–Kier alpha value is -1.06. The molecule has 0 aliphatic carbocycles. The second kappa shape index (κ2) is 8.95. The maximum atomic E-state index is 5.01. The van der Waals surface area contributed by atoms with E-state index in [1.807, 2.05) is 0 Å². The number of likely N-dealkylation sites (N-methyl/N-ethyl adjacent to an activating group) is 1. The number of methoxy groups -OCH3 is 1. The third-order valence-electron chi connectivity index (χ3n) is 3.11. The van der Waals surface area contributed by atoms with Crippen LogP contribution in [0.4, 0.5) is 5.69 Å². The highest BCUT2D eigenvalue weighted by Crippen LogP contribution is 2.13. The minimum absolute atomic E-state index is 0.835. The zero-order valence-electron chi connectivity index (χ0n) is 11.9. The molecule has 0 unspecified atom stereocenters. The summed E-state index contributed by atoms with van der Waals surface area (Å²) in [7, 11) is 3.88. The third-order valence-corrected chi connectivity index (χ3v) is 3.11. The van der Waals surface area contributed by atoms with Crippen molar-refractivity contribution < 1.29 is 4.74 Å². The smallest absolute Gasteiger partial charge is 0.0474 e. The molecule has 0 spiro atoms. The number of aryl methyl sites for hydroxylation is 1. The van der Waals surface area contributed by atoms with Gasteiger partial charge in [-0.2, -0.15) is 0 Å². The Morgan fingerprint density at radius 1 is 1.17 bits per heavy atom. The molecule has 3 heteroatoms. The first-order chi connectivity index (χ1) is 8.77. The molecule has 1 N–H and O–H groups in total. The monoisotopic (exact) mass is 250 g/mol. The van der Waals surface area contributed by atoms with Crippen LogP contribution in [-0.4, -0.2) is 40.4 Å². The number of nitrogens with one attached hydrogen (secondary N) is 1. The van der Waals surface area contributed by atoms with Crippen molar-refractivity contribution in [2.75, 3.05) is 45.3 Å². The Morgan fingerprint density at radius 2 is 1.89 bits per heavy atom. The number of rotatable bonds is 9. The van der Waals surface area contributed by atoms with Gasteiger partial charge in [0.05, 0.1) is 0 Å². The first-order valence-corrected chi connectivity index (χ1v) is 6.77. The molecule has 0 fully saturated rings. The molecule has 0 radical (unpaired) electrons. The Balaban J connectivity index is 2.21. The lowest BCUT2D eigenvalue weighted by atomic mass is 10.1. The molecule has 0 saturated carbocycles. The molecule has 0 aromatic heterocycles. The van der Waals surface area contributed by atoms with Gasteiger partial charge in [-0.25, -0.2) is 0 Å². The molecule has 3 nitrogen and oxygen atoms in total. The fraction of sp³-hybridized carbons (Fsp3) is 0.600. The average Bonchev–Trinajstić information content (AvgIpc) is 2.42. The SMILES string of the molecule is CCc1ccc(N(C)CCNCCCOC)cc1. The Kier molecular flexibility index (Phi) is 7.46. The maximum Gasteiger partial charge on any atom is 0.0474 e. The van der Waals surface area contributed by atoms with E-state index in [1.54, 1.807) is 7.11 Å². The number of hydrogen-bond acceptors (Lipinski definition) is 3. The van der Waals surface area contributed by atoms with Gasteiger partial charge in [0.25, 0.3) is 0 Å². The summed E-state index contributed by atoms with van der Waals surface area (Å²) in [5, 5.41) is 3.42. The van der Waals surface area contributed by atoms with E-state index in [1.165, 1.54) is 11.3 Å². The van der Waals surface area contributed by atoms with Crippen LogP contribution < -0.4 is 10.2 Å². The lowest BCUT2D eigenvalue weighted by Crippen LogP contribution is -2.29. The van der Waals surface area contributed by atoms with E-state index < -0.39 is 0 Å². The van der Waals surface area contributed by atoms with Crippen LogP contribution >= 0.6 is 0 Å². The fourth-order valence-electron chi connectivity index (χ4n) is 1.83. The Bertz CT molecular complexity index is 311. The van der Waals surface area contributed by atoms with E-state index in [9.17, 15) is 0 Å². The van der Waals surface area contributed by atoms with Crippen molar-refractivity contribution >= 4 is 5.69 Å². The highest BCUT2D eigenvalue weighted by atomic mass is 16.5. The van der Waals surface area contributed by atoms with Gasteiger partial charge in [-0.3, -0.25) is 0 Å². The predicted octanol–water partition coefficient (Wildman–Crippen LogP) is 2.31. The largest absolute Gasteiger partial charge is 0.385 e. The summed E-state index contributed by atoms with van der Waals surface area (Å²) in [5.74, 6) is 0. The molecule has 0 heterocycles. The zero-order valence-corrected chi connectivity index (χ0v) is 11.9. The van der Waals surface area contributed by atoms with Crippen molar-refractivity contribution in [1.82, 2.24) is 5.32 Å². The van der Waals surface area contributed by atoms with Crippen LogP contribution in [0, 0.1) is 0 Å². The van der Waals surface area contributed by atoms with E-state index in [0.717, 1.165) is 39.1 Å². The van der Waals surface area contributed by atoms with Crippen LogP contribution in [0.15, 0.2) is 24.3 Å². The first kappa shape index (κ1) is 15.0. The van der Waals surface area contributed by atoms with Crippen molar-refractivity contribution in [2.24, 2.45) is 0 Å². The minimum atomic E-state index is 0.835. The fourth-order valence-corrected chi connectivity index (χ4v) is 1.83. The minimum Gasteiger partial charge on any atom is -0.385 e. The Morgan fingerprint density at radius 3 is 2.50 bits per heavy atom. The number of anilines is 1. The summed E-state index contributed by atoms with van der Waals surface area (Å²) in [5.41, 5.74) is 2.68. The lowest BCUT2D eigenvalue weighted by Gasteiger charge is -2.19. The molecule has 0 bridgehead atoms. The molecule has 1 aromatic rings. The standard InChI is InChI=1S/C15H26N2O/c1-4-14-6-8-15(9-7-14)17(2)12-11-16-10-5-13-18-3/h6-9,16H,4-5,10-13H2,1-3H3. The second-order valence-corrected chi connectivity index (χ2v) is 4.54. The highest BCUT2D eigenvalue weighted by Gasteiger charge is 1.99. The van der Waals surface area contributed by atoms with Crippen molar-refractivity contribution in [3.8, 4) is 0 Å². The van der Waals surface area contributed by atoms with E-state index in [-0.39, 0.29) is 0 Å². The molecular weight excluding hydrogens is 224 g/mol. The van der Waals surface area contributed by atoms with Gasteiger partial charge in [0, 0.05) is 39.5 Å². The van der Waals surface area contributed by atoms with Crippen molar-refractivity contribution in [2.45, 2.75) is 19.8 Å². The van der Waals surface area contributed by atoms with Gasteiger partial charge in [-0.05, 0) is 37.1 Å². The molecular formula is C15H26N2O. The van der Waals surface area contributed by atoms with Gasteiger partial charge in [0.15, 0.2) is 0 Å². The number of ether oxygens (including phenoxy) is 1. The summed E-state index contributed by atoms with van der Waals surface area (Å²) in [4.78, 5) is 2.28. The van der Waals surface area contributed by atoms with Crippen LogP contribution in [0.1, 0.15) is 18.9 Å². The third kappa shape index (κ3) is 5.52. The zero-order chi connectivity index (χ0) is 13.2. The van der Waals surface area contributed by atoms with Crippen LogP contribution in [0.25, 0.3) is 0 Å². The van der Waals surface area contributed by atoms with Crippen molar-refractivity contribution in [3.63, 3.8) is 0 Å². The molecule has 0 amide bonds. The van der Waals surface area contributed by atoms with Gasteiger partial charge in [-0.1, -0.05) is 19.1 Å². The maximum absolute atomic E-state index is 5.01. The predicted molar refractivity (Wildman–Crippen MR) is 78.5 cm³/mol. The average molecular weight is 250 g/mol. The molecule has 0 aliphatic rings. The van der Waals surface area contributed by atoms with Crippen LogP contribution in [-0.2, 0) is 11.2 Å². The molecule has 0 saturated heterocycles. The molecule has 102 valence electrons. The van der Waals surface area contributed by atoms with Gasteiger partial charge in [-0.15, -0.1) is 0 Å². The topological polar surface area (TPSA) is 24.5 Å². The van der Waals surface area contributed by atoms with Crippen molar-refractivity contribution in [3.05, 3.63) is 29.8 Å². The number of hydrogen-bond donors (Lipinski definition) is 1. The molecule has 18 heavy (non-hydrogen) atoms. The summed E-state index contributed by atoms with van der Waals surface area (Å²) >= 11 is 0. The molecule has 1 rings (SSSR count). The summed E-state index contributed by atoms with van der Waals surface area (Å²) < 4.78 is 5.01. The summed E-state index contributed by atoms with van der Waals surface area (Å²) in [6.07, 6.45) is 2.18. The number of nitrogens with zero attached hydrogens (tertiary/aromatic N) is 1. The van der Waals surface area contributed by atoms with Gasteiger partial charge in [0.2, 0.25) is 0 Å². The van der Waals surface area contributed by atoms with Gasteiger partial charge < -0.3 is 15.0 Å². The van der Waals surface area contributed by atoms with E-state index in [0.29, 0.717) is 0 Å². The van der Waals surface area contributed by atoms with Gasteiger partial charge in [0.1, 0.15) is 0 Å². The van der Waals surface area contributed by atoms with Crippen LogP contribution in [0.2, 0.25) is 0 Å². The highest BCUT2D eigenvalue weighted by molar-refractivity contribution is 5.46.